The third-order valence-electron chi connectivity index (χ3n) is 4.43. The van der Waals surface area contributed by atoms with Crippen LogP contribution in [-0.4, -0.2) is 37.0 Å². The highest BCUT2D eigenvalue weighted by Crippen LogP contribution is 2.38. The number of halogens is 2. The molecule has 2 amide bonds. The Bertz CT molecular complexity index is 906. The van der Waals surface area contributed by atoms with Crippen LogP contribution in [0.15, 0.2) is 36.4 Å². The third kappa shape index (κ3) is 4.36. The van der Waals surface area contributed by atoms with E-state index in [0.29, 0.717) is 40.9 Å². The minimum Gasteiger partial charge on any atom is -0.489 e. The predicted molar refractivity (Wildman–Crippen MR) is 102 cm³/mol. The van der Waals surface area contributed by atoms with Crippen LogP contribution in [0, 0.1) is 5.82 Å². The molecule has 0 radical (unpaired) electrons. The van der Waals surface area contributed by atoms with Crippen molar-refractivity contribution in [3.8, 4) is 11.5 Å². The van der Waals surface area contributed by atoms with Crippen LogP contribution in [0.2, 0.25) is 5.02 Å². The molecule has 0 bridgehead atoms. The van der Waals surface area contributed by atoms with Gasteiger partial charge in [0.25, 0.3) is 0 Å². The Balaban J connectivity index is 1.82. The van der Waals surface area contributed by atoms with Gasteiger partial charge in [-0.05, 0) is 35.4 Å². The summed E-state index contributed by atoms with van der Waals surface area (Å²) in [6.07, 6.45) is 0.696. The van der Waals surface area contributed by atoms with Crippen molar-refractivity contribution >= 4 is 23.4 Å². The van der Waals surface area contributed by atoms with Crippen LogP contribution in [-0.2, 0) is 16.0 Å². The molecule has 0 saturated carbocycles. The number of likely N-dealkylation sites (N-methyl/N-ethyl adjacent to an activating group) is 1. The molecule has 6 nitrogen and oxygen atoms in total. The van der Waals surface area contributed by atoms with Crippen molar-refractivity contribution in [2.75, 3.05) is 20.3 Å². The summed E-state index contributed by atoms with van der Waals surface area (Å²) in [5.41, 5.74) is 6.38. The van der Waals surface area contributed by atoms with Gasteiger partial charge < -0.3 is 20.1 Å². The van der Waals surface area contributed by atoms with Crippen molar-refractivity contribution in [2.24, 2.45) is 5.73 Å². The Labute approximate surface area is 167 Å². The van der Waals surface area contributed by atoms with Gasteiger partial charge in [-0.15, -0.1) is 0 Å². The summed E-state index contributed by atoms with van der Waals surface area (Å²) in [7, 11) is 1.45. The van der Waals surface area contributed by atoms with E-state index in [1.54, 1.807) is 18.2 Å². The predicted octanol–water partition coefficient (Wildman–Crippen LogP) is 2.87. The Morgan fingerprint density at radius 3 is 2.71 bits per heavy atom. The number of fused-ring (bicyclic) bond motifs is 1. The molecule has 28 heavy (non-hydrogen) atoms. The van der Waals surface area contributed by atoms with E-state index >= 15 is 0 Å². The van der Waals surface area contributed by atoms with E-state index in [-0.39, 0.29) is 12.3 Å². The van der Waals surface area contributed by atoms with Crippen molar-refractivity contribution in [1.29, 1.82) is 0 Å². The van der Waals surface area contributed by atoms with Gasteiger partial charge in [-0.25, -0.2) is 4.39 Å². The smallest absolute Gasteiger partial charge is 0.244 e. The summed E-state index contributed by atoms with van der Waals surface area (Å²) in [5, 5.41) is 0.349. The molecular formula is C20H20ClFN2O4. The number of amides is 2. The first-order chi connectivity index (χ1) is 13.4. The summed E-state index contributed by atoms with van der Waals surface area (Å²) < 4.78 is 24.8. The van der Waals surface area contributed by atoms with E-state index in [9.17, 15) is 14.0 Å². The highest BCUT2D eigenvalue weighted by Gasteiger charge is 2.27. The van der Waals surface area contributed by atoms with Crippen LogP contribution >= 0.6 is 11.6 Å². The zero-order chi connectivity index (χ0) is 20.3. The van der Waals surface area contributed by atoms with Crippen molar-refractivity contribution in [2.45, 2.75) is 18.9 Å². The van der Waals surface area contributed by atoms with Crippen molar-refractivity contribution < 1.29 is 23.5 Å². The van der Waals surface area contributed by atoms with Gasteiger partial charge in [0.1, 0.15) is 11.9 Å². The van der Waals surface area contributed by atoms with Gasteiger partial charge in [-0.2, -0.15) is 0 Å². The first-order valence-electron chi connectivity index (χ1n) is 8.75. The lowest BCUT2D eigenvalue weighted by atomic mass is 10.0. The zero-order valence-electron chi connectivity index (χ0n) is 15.3. The molecule has 8 heteroatoms. The van der Waals surface area contributed by atoms with Gasteiger partial charge in [-0.1, -0.05) is 23.7 Å². The number of nitrogens with two attached hydrogens (primary N) is 1. The number of carbonyl (C=O) groups is 2. The van der Waals surface area contributed by atoms with E-state index in [1.807, 2.05) is 0 Å². The van der Waals surface area contributed by atoms with Gasteiger partial charge in [0.2, 0.25) is 11.8 Å². The van der Waals surface area contributed by atoms with Gasteiger partial charge in [0, 0.05) is 13.5 Å². The lowest BCUT2D eigenvalue weighted by molar-refractivity contribution is -0.137. The summed E-state index contributed by atoms with van der Waals surface area (Å²) in [4.78, 5) is 25.9. The quantitative estimate of drug-likeness (QED) is 0.827. The molecule has 0 spiro atoms. The summed E-state index contributed by atoms with van der Waals surface area (Å²) in [5.74, 6) is -0.707. The number of primary amides is 1. The van der Waals surface area contributed by atoms with E-state index in [4.69, 9.17) is 26.8 Å². The van der Waals surface area contributed by atoms with E-state index in [1.165, 1.54) is 30.1 Å². The standard InChI is InChI=1S/C20H20ClFN2O4/c1-24(18(20(23)26)13-4-2-5-14(22)11-13)17(25)10-12-8-15(21)19-16(9-12)27-6-3-7-28-19/h2,4-5,8-9,11,18H,3,6-7,10H2,1H3,(H2,23,26). The SMILES string of the molecule is CN(C(=O)Cc1cc(Cl)c2c(c1)OCCCO2)C(C(N)=O)c1cccc(F)c1. The average molecular weight is 407 g/mol. The molecular weight excluding hydrogens is 387 g/mol. The van der Waals surface area contributed by atoms with Crippen LogP contribution in [0.4, 0.5) is 4.39 Å². The fraction of sp³-hybridized carbons (Fsp3) is 0.300. The highest BCUT2D eigenvalue weighted by atomic mass is 35.5. The maximum absolute atomic E-state index is 13.5. The molecule has 0 fully saturated rings. The number of benzene rings is 2. The van der Waals surface area contributed by atoms with E-state index in [0.717, 1.165) is 6.42 Å². The molecule has 2 aromatic rings. The van der Waals surface area contributed by atoms with Crippen LogP contribution in [0.25, 0.3) is 0 Å². The number of hydrogen-bond acceptors (Lipinski definition) is 4. The van der Waals surface area contributed by atoms with Crippen LogP contribution in [0.3, 0.4) is 0 Å². The lowest BCUT2D eigenvalue weighted by Gasteiger charge is -2.26. The van der Waals surface area contributed by atoms with Crippen molar-refractivity contribution in [3.63, 3.8) is 0 Å². The highest BCUT2D eigenvalue weighted by molar-refractivity contribution is 6.32. The molecule has 0 aromatic heterocycles. The number of rotatable bonds is 5. The number of nitrogens with zero attached hydrogens (tertiary/aromatic N) is 1. The van der Waals surface area contributed by atoms with E-state index < -0.39 is 17.8 Å². The van der Waals surface area contributed by atoms with Gasteiger partial charge >= 0.3 is 0 Å². The molecule has 1 heterocycles. The number of hydrogen-bond donors (Lipinski definition) is 1. The molecule has 1 unspecified atom stereocenters. The van der Waals surface area contributed by atoms with Crippen molar-refractivity contribution in [1.82, 2.24) is 4.90 Å². The van der Waals surface area contributed by atoms with Gasteiger partial charge in [-0.3, -0.25) is 9.59 Å². The summed E-state index contributed by atoms with van der Waals surface area (Å²) in [6.45, 7) is 0.992. The Kier molecular flexibility index (Phi) is 6.04. The van der Waals surface area contributed by atoms with Crippen molar-refractivity contribution in [3.05, 3.63) is 58.4 Å². The molecule has 1 aliphatic rings. The third-order valence-corrected chi connectivity index (χ3v) is 4.71. The molecule has 0 aliphatic carbocycles. The second-order valence-corrected chi connectivity index (χ2v) is 6.90. The normalized spacial score (nSPS) is 14.1. The van der Waals surface area contributed by atoms with Gasteiger partial charge in [0.15, 0.2) is 11.5 Å². The Morgan fingerprint density at radius 2 is 2.00 bits per heavy atom. The first-order valence-corrected chi connectivity index (χ1v) is 9.13. The second-order valence-electron chi connectivity index (χ2n) is 6.50. The summed E-state index contributed by atoms with van der Waals surface area (Å²) in [6, 6.07) is 7.68. The fourth-order valence-corrected chi connectivity index (χ4v) is 3.37. The molecule has 2 N–H and O–H groups in total. The van der Waals surface area contributed by atoms with Crippen LogP contribution in [0.1, 0.15) is 23.6 Å². The molecule has 2 aromatic carbocycles. The second kappa shape index (κ2) is 8.48. The zero-order valence-corrected chi connectivity index (χ0v) is 16.0. The molecule has 0 saturated heterocycles. The number of ether oxygens (including phenoxy) is 2. The largest absolute Gasteiger partial charge is 0.489 e. The molecule has 1 atom stereocenters. The molecule has 3 rings (SSSR count). The monoisotopic (exact) mass is 406 g/mol. The summed E-state index contributed by atoms with van der Waals surface area (Å²) >= 11 is 6.26. The average Bonchev–Trinajstić information content (AvgIpc) is 2.87. The first kappa shape index (κ1) is 19.9. The Hall–Kier alpha value is -2.80. The molecule has 1 aliphatic heterocycles. The molecule has 148 valence electrons. The van der Waals surface area contributed by atoms with Gasteiger partial charge in [0.05, 0.1) is 24.7 Å². The maximum Gasteiger partial charge on any atom is 0.244 e. The maximum atomic E-state index is 13.5. The Morgan fingerprint density at radius 1 is 1.25 bits per heavy atom. The topological polar surface area (TPSA) is 81.9 Å². The van der Waals surface area contributed by atoms with Crippen LogP contribution < -0.4 is 15.2 Å². The van der Waals surface area contributed by atoms with E-state index in [2.05, 4.69) is 0 Å². The van der Waals surface area contributed by atoms with Crippen LogP contribution in [0.5, 0.6) is 11.5 Å². The lowest BCUT2D eigenvalue weighted by Crippen LogP contribution is -2.39. The fourth-order valence-electron chi connectivity index (χ4n) is 3.08. The number of carbonyl (C=O) groups excluding carboxylic acids is 2. The minimum absolute atomic E-state index is 0.0358. The minimum atomic E-state index is -1.08.